The summed E-state index contributed by atoms with van der Waals surface area (Å²) in [6, 6.07) is 13.0. The van der Waals surface area contributed by atoms with Gasteiger partial charge >= 0.3 is 0 Å². The second kappa shape index (κ2) is 21.2. The average Bonchev–Trinajstić information content (AvgIpc) is 3.15. The van der Waals surface area contributed by atoms with Gasteiger partial charge in [-0.05, 0) is 49.6 Å². The van der Waals surface area contributed by atoms with Gasteiger partial charge in [-0.1, -0.05) is 31.2 Å². The number of hydrogen-bond acceptors (Lipinski definition) is 11. The Balaban J connectivity index is 1.21. The summed E-state index contributed by atoms with van der Waals surface area (Å²) in [6.45, 7) is 13.8. The quantitative estimate of drug-likeness (QED) is 0.366. The third-order valence-electron chi connectivity index (χ3n) is 9.60. The normalized spacial score (nSPS) is 19.0. The number of hydrogen-bond donors (Lipinski definition) is 1. The lowest BCUT2D eigenvalue weighted by Gasteiger charge is -2.30. The van der Waals surface area contributed by atoms with Crippen molar-refractivity contribution in [1.29, 1.82) is 0 Å². The van der Waals surface area contributed by atoms with E-state index in [1.165, 1.54) is 4.57 Å². The molecule has 0 bridgehead atoms. The summed E-state index contributed by atoms with van der Waals surface area (Å²) < 4.78 is 30.8. The predicted molar refractivity (Wildman–Crippen MR) is 202 cm³/mol. The molecular formula is C39H56N6O8. The molecule has 290 valence electrons. The van der Waals surface area contributed by atoms with Crippen molar-refractivity contribution in [1.82, 2.24) is 24.3 Å². The molecule has 2 aromatic carbocycles. The van der Waals surface area contributed by atoms with Gasteiger partial charge in [0.2, 0.25) is 11.8 Å². The van der Waals surface area contributed by atoms with E-state index in [0.717, 1.165) is 16.8 Å². The molecule has 2 aliphatic heterocycles. The Morgan fingerprint density at radius 3 is 1.98 bits per heavy atom. The fraction of sp³-hybridized carbons (Fsp3) is 0.590. The smallest absolute Gasteiger partial charge is 0.261 e. The number of nitrogens with zero attached hydrogens (tertiary/aromatic N) is 5. The summed E-state index contributed by atoms with van der Waals surface area (Å²) in [6.07, 6.45) is 0.648. The van der Waals surface area contributed by atoms with Crippen molar-refractivity contribution in [3.63, 3.8) is 0 Å². The average molecular weight is 737 g/mol. The minimum absolute atomic E-state index is 0.0498. The fourth-order valence-electron chi connectivity index (χ4n) is 6.61. The van der Waals surface area contributed by atoms with Crippen LogP contribution in [0.1, 0.15) is 30.3 Å². The van der Waals surface area contributed by atoms with Crippen LogP contribution in [-0.2, 0) is 46.4 Å². The molecule has 1 N–H and O–H groups in total. The van der Waals surface area contributed by atoms with E-state index in [2.05, 4.69) is 15.1 Å². The second-order valence-corrected chi connectivity index (χ2v) is 13.4. The number of morpholine rings is 1. The van der Waals surface area contributed by atoms with Crippen molar-refractivity contribution in [2.45, 2.75) is 46.3 Å². The molecule has 0 saturated carbocycles. The molecule has 14 heteroatoms. The van der Waals surface area contributed by atoms with Gasteiger partial charge in [-0.15, -0.1) is 0 Å². The van der Waals surface area contributed by atoms with Crippen LogP contribution in [0.25, 0.3) is 10.9 Å². The molecule has 2 amide bonds. The minimum atomic E-state index is -0.332. The van der Waals surface area contributed by atoms with Gasteiger partial charge in [0, 0.05) is 45.0 Å². The molecule has 14 nitrogen and oxygen atoms in total. The summed E-state index contributed by atoms with van der Waals surface area (Å²) in [7, 11) is 0. The Labute approximate surface area is 312 Å². The van der Waals surface area contributed by atoms with Crippen LogP contribution in [0.3, 0.4) is 0 Å². The number of anilines is 1. The molecular weight excluding hydrogens is 680 g/mol. The lowest BCUT2D eigenvalue weighted by molar-refractivity contribution is -0.136. The van der Waals surface area contributed by atoms with Gasteiger partial charge in [0.1, 0.15) is 12.4 Å². The maximum atomic E-state index is 13.9. The van der Waals surface area contributed by atoms with Crippen LogP contribution >= 0.6 is 0 Å². The van der Waals surface area contributed by atoms with Crippen molar-refractivity contribution in [3.05, 3.63) is 69.8 Å². The van der Waals surface area contributed by atoms with Crippen molar-refractivity contribution < 1.29 is 33.3 Å². The molecule has 2 aliphatic rings. The van der Waals surface area contributed by atoms with Crippen LogP contribution in [-0.4, -0.2) is 147 Å². The largest absolute Gasteiger partial charge is 0.378 e. The number of fused-ring (bicyclic) bond motifs is 1. The van der Waals surface area contributed by atoms with E-state index in [9.17, 15) is 14.4 Å². The standard InChI is InChI=1S/C39H56N6O8/c1-4-34(38(47)40-32-9-5-7-30(2)27-32)43-13-19-52-25-23-50-17-11-42(12-18-51-24-26-53-20-14-43)28-35-41-37-31(3)8-6-10-33(37)39(48)45(35)29-36(46)44-15-21-49-22-16-44/h5-10,27,34H,4,11-26,28-29H2,1-3H3,(H,40,47)/t34-/m1/s1. The van der Waals surface area contributed by atoms with E-state index in [1.54, 1.807) is 11.0 Å². The van der Waals surface area contributed by atoms with Crippen LogP contribution < -0.4 is 10.9 Å². The molecule has 53 heavy (non-hydrogen) atoms. The fourth-order valence-corrected chi connectivity index (χ4v) is 6.61. The van der Waals surface area contributed by atoms with Gasteiger partial charge in [-0.3, -0.25) is 28.8 Å². The number of benzene rings is 2. The number of para-hydroxylation sites is 1. The number of rotatable bonds is 8. The van der Waals surface area contributed by atoms with Crippen LogP contribution in [0.15, 0.2) is 47.3 Å². The van der Waals surface area contributed by atoms with Crippen LogP contribution in [0, 0.1) is 13.8 Å². The van der Waals surface area contributed by atoms with Gasteiger partial charge in [0.05, 0.1) is 89.6 Å². The first-order valence-electron chi connectivity index (χ1n) is 18.8. The highest BCUT2D eigenvalue weighted by atomic mass is 16.5. The van der Waals surface area contributed by atoms with E-state index in [0.29, 0.717) is 135 Å². The summed E-state index contributed by atoms with van der Waals surface area (Å²) in [5, 5.41) is 3.57. The van der Waals surface area contributed by atoms with E-state index >= 15 is 0 Å². The number of aryl methyl sites for hydroxylation is 2. The number of ether oxygens (including phenoxy) is 5. The number of carbonyl (C=O) groups excluding carboxylic acids is 2. The first-order valence-corrected chi connectivity index (χ1v) is 18.8. The van der Waals surface area contributed by atoms with Gasteiger partial charge in [0.25, 0.3) is 5.56 Å². The van der Waals surface area contributed by atoms with Gasteiger partial charge < -0.3 is 33.9 Å². The second-order valence-electron chi connectivity index (χ2n) is 13.4. The molecule has 0 radical (unpaired) electrons. The van der Waals surface area contributed by atoms with Crippen molar-refractivity contribution in [3.8, 4) is 0 Å². The first kappa shape index (κ1) is 40.4. The Kier molecular flexibility index (Phi) is 16.2. The third-order valence-corrected chi connectivity index (χ3v) is 9.60. The highest BCUT2D eigenvalue weighted by Gasteiger charge is 2.25. The zero-order valence-corrected chi connectivity index (χ0v) is 31.6. The molecule has 3 aromatic rings. The lowest BCUT2D eigenvalue weighted by Crippen LogP contribution is -2.46. The predicted octanol–water partition coefficient (Wildman–Crippen LogP) is 2.47. The number of amides is 2. The highest BCUT2D eigenvalue weighted by Crippen LogP contribution is 2.16. The zero-order chi connectivity index (χ0) is 37.4. The summed E-state index contributed by atoms with van der Waals surface area (Å²) in [5.41, 5.74) is 3.18. The van der Waals surface area contributed by atoms with Crippen LogP contribution in [0.4, 0.5) is 5.69 Å². The maximum absolute atomic E-state index is 13.9. The first-order chi connectivity index (χ1) is 25.8. The van der Waals surface area contributed by atoms with Crippen LogP contribution in [0.5, 0.6) is 0 Å². The molecule has 3 heterocycles. The van der Waals surface area contributed by atoms with Gasteiger partial charge in [0.15, 0.2) is 0 Å². The van der Waals surface area contributed by atoms with Crippen LogP contribution in [0.2, 0.25) is 0 Å². The molecule has 1 aromatic heterocycles. The Morgan fingerprint density at radius 1 is 0.774 bits per heavy atom. The Morgan fingerprint density at radius 2 is 1.36 bits per heavy atom. The van der Waals surface area contributed by atoms with E-state index in [-0.39, 0.29) is 30.0 Å². The number of aromatic nitrogens is 2. The molecule has 2 fully saturated rings. The van der Waals surface area contributed by atoms with Crippen molar-refractivity contribution in [2.24, 2.45) is 0 Å². The topological polar surface area (TPSA) is 137 Å². The third kappa shape index (κ3) is 12.1. The summed E-state index contributed by atoms with van der Waals surface area (Å²) in [4.78, 5) is 51.5. The lowest BCUT2D eigenvalue weighted by atomic mass is 10.1. The van der Waals surface area contributed by atoms with Crippen molar-refractivity contribution in [2.75, 3.05) is 111 Å². The summed E-state index contributed by atoms with van der Waals surface area (Å²) in [5.74, 6) is 0.344. The molecule has 5 rings (SSSR count). The summed E-state index contributed by atoms with van der Waals surface area (Å²) >= 11 is 0. The maximum Gasteiger partial charge on any atom is 0.261 e. The minimum Gasteiger partial charge on any atom is -0.378 e. The monoisotopic (exact) mass is 736 g/mol. The molecule has 0 aliphatic carbocycles. The highest BCUT2D eigenvalue weighted by molar-refractivity contribution is 5.94. The number of carbonyl (C=O) groups is 2. The zero-order valence-electron chi connectivity index (χ0n) is 31.6. The van der Waals surface area contributed by atoms with Gasteiger partial charge in [-0.2, -0.15) is 0 Å². The molecule has 2 saturated heterocycles. The SMILES string of the molecule is CC[C@H](C(=O)Nc1cccc(C)c1)N1CCOCCOCCN(Cc2nc3c(C)cccc3c(=O)n2CC(=O)N2CCOCC2)CCOCCOCC1. The molecule has 1 atom stereocenters. The Bertz CT molecular complexity index is 1660. The van der Waals surface area contributed by atoms with E-state index in [1.807, 2.05) is 57.2 Å². The van der Waals surface area contributed by atoms with Gasteiger partial charge in [-0.25, -0.2) is 4.98 Å². The van der Waals surface area contributed by atoms with Crippen molar-refractivity contribution >= 4 is 28.4 Å². The number of nitrogens with one attached hydrogen (secondary N) is 1. The molecule has 0 spiro atoms. The van der Waals surface area contributed by atoms with E-state index in [4.69, 9.17) is 28.7 Å². The Hall–Kier alpha value is -3.76. The van der Waals surface area contributed by atoms with E-state index < -0.39 is 0 Å². The molecule has 0 unspecified atom stereocenters.